The molecule has 1 aliphatic rings. The Morgan fingerprint density at radius 1 is 0.941 bits per heavy atom. The first-order chi connectivity index (χ1) is 8.25. The third kappa shape index (κ3) is 1.85. The normalized spacial score (nSPS) is 14.0. The van der Waals surface area contributed by atoms with E-state index in [1.165, 1.54) is 32.3 Å². The lowest BCUT2D eigenvalue weighted by Crippen LogP contribution is -1.85. The van der Waals surface area contributed by atoms with Crippen molar-refractivity contribution in [2.45, 2.75) is 13.3 Å². The number of allylic oxidation sites excluding steroid dienone is 1. The molecule has 0 unspecified atom stereocenters. The predicted octanol–water partition coefficient (Wildman–Crippen LogP) is 4.81. The van der Waals surface area contributed by atoms with Crippen molar-refractivity contribution in [1.29, 1.82) is 0 Å². The number of hydrogen-bond donors (Lipinski definition) is 0. The Balaban J connectivity index is 2.08. The van der Waals surface area contributed by atoms with Gasteiger partial charge in [0.15, 0.2) is 0 Å². The highest BCUT2D eigenvalue weighted by atomic mass is 79.9. The third-order valence-electron chi connectivity index (χ3n) is 3.29. The summed E-state index contributed by atoms with van der Waals surface area (Å²) in [5, 5.41) is 0. The minimum atomic E-state index is 1.03. The zero-order valence-corrected chi connectivity index (χ0v) is 11.3. The fourth-order valence-corrected chi connectivity index (χ4v) is 3.06. The SMILES string of the molecule is Cc1ccc(C2=C(Br)c3ccccc3C2)cc1. The smallest absolute Gasteiger partial charge is 0.0291 e. The Hall–Kier alpha value is -1.34. The van der Waals surface area contributed by atoms with Gasteiger partial charge in [-0.05, 0) is 51.5 Å². The average Bonchev–Trinajstić information content (AvgIpc) is 2.69. The van der Waals surface area contributed by atoms with E-state index in [0.717, 1.165) is 6.42 Å². The lowest BCUT2D eigenvalue weighted by molar-refractivity contribution is 1.31. The Morgan fingerprint density at radius 2 is 1.65 bits per heavy atom. The van der Waals surface area contributed by atoms with Crippen LogP contribution in [-0.2, 0) is 6.42 Å². The van der Waals surface area contributed by atoms with Crippen molar-refractivity contribution in [1.82, 2.24) is 0 Å². The molecule has 3 rings (SSSR count). The fraction of sp³-hybridized carbons (Fsp3) is 0.125. The van der Waals surface area contributed by atoms with Crippen LogP contribution in [-0.4, -0.2) is 0 Å². The van der Waals surface area contributed by atoms with Gasteiger partial charge in [-0.1, -0.05) is 54.1 Å². The predicted molar refractivity (Wildman–Crippen MR) is 77.1 cm³/mol. The molecule has 0 aliphatic heterocycles. The van der Waals surface area contributed by atoms with Crippen LogP contribution in [0.2, 0.25) is 0 Å². The second-order valence-electron chi connectivity index (χ2n) is 4.49. The Labute approximate surface area is 110 Å². The highest BCUT2D eigenvalue weighted by molar-refractivity contribution is 9.15. The Kier molecular flexibility index (Phi) is 2.64. The number of hydrogen-bond acceptors (Lipinski definition) is 0. The van der Waals surface area contributed by atoms with Gasteiger partial charge in [-0.3, -0.25) is 0 Å². The van der Waals surface area contributed by atoms with Gasteiger partial charge in [0.25, 0.3) is 0 Å². The summed E-state index contributed by atoms with van der Waals surface area (Å²) in [5.41, 5.74) is 6.77. The molecule has 1 aliphatic carbocycles. The second kappa shape index (κ2) is 4.15. The maximum Gasteiger partial charge on any atom is 0.0291 e. The molecule has 0 bridgehead atoms. The van der Waals surface area contributed by atoms with Crippen molar-refractivity contribution in [3.8, 4) is 0 Å². The van der Waals surface area contributed by atoms with Crippen molar-refractivity contribution in [3.05, 3.63) is 70.8 Å². The van der Waals surface area contributed by atoms with Crippen molar-refractivity contribution in [3.63, 3.8) is 0 Å². The summed E-state index contributed by atoms with van der Waals surface area (Å²) in [6.45, 7) is 2.12. The molecule has 0 aromatic heterocycles. The molecule has 2 aromatic rings. The molecule has 0 saturated heterocycles. The van der Waals surface area contributed by atoms with E-state index in [9.17, 15) is 0 Å². The van der Waals surface area contributed by atoms with E-state index < -0.39 is 0 Å². The van der Waals surface area contributed by atoms with Crippen molar-refractivity contribution < 1.29 is 0 Å². The number of fused-ring (bicyclic) bond motifs is 1. The standard InChI is InChI=1S/C16H13Br/c1-11-6-8-12(9-7-11)15-10-13-4-2-3-5-14(13)16(15)17/h2-9H,10H2,1H3. The lowest BCUT2D eigenvalue weighted by Gasteiger charge is -2.03. The first-order valence-electron chi connectivity index (χ1n) is 5.79. The molecule has 2 aromatic carbocycles. The summed E-state index contributed by atoms with van der Waals surface area (Å²) in [6, 6.07) is 17.3. The van der Waals surface area contributed by atoms with Gasteiger partial charge in [0.1, 0.15) is 0 Å². The maximum atomic E-state index is 3.74. The van der Waals surface area contributed by atoms with Gasteiger partial charge in [-0.2, -0.15) is 0 Å². The van der Waals surface area contributed by atoms with Crippen LogP contribution in [0.4, 0.5) is 0 Å². The van der Waals surface area contributed by atoms with Gasteiger partial charge >= 0.3 is 0 Å². The lowest BCUT2D eigenvalue weighted by atomic mass is 10.0. The fourth-order valence-electron chi connectivity index (χ4n) is 2.30. The number of benzene rings is 2. The highest BCUT2D eigenvalue weighted by Gasteiger charge is 2.19. The quantitative estimate of drug-likeness (QED) is 0.705. The molecule has 0 nitrogen and oxygen atoms in total. The van der Waals surface area contributed by atoms with E-state index in [0.29, 0.717) is 0 Å². The molecule has 17 heavy (non-hydrogen) atoms. The van der Waals surface area contributed by atoms with Gasteiger partial charge in [0, 0.05) is 4.48 Å². The van der Waals surface area contributed by atoms with Gasteiger partial charge < -0.3 is 0 Å². The van der Waals surface area contributed by atoms with E-state index in [-0.39, 0.29) is 0 Å². The summed E-state index contributed by atoms with van der Waals surface area (Å²) in [4.78, 5) is 0. The van der Waals surface area contributed by atoms with E-state index in [2.05, 4.69) is 71.4 Å². The molecule has 1 heteroatoms. The molecular formula is C16H13Br. The summed E-state index contributed by atoms with van der Waals surface area (Å²) in [6.07, 6.45) is 1.03. The van der Waals surface area contributed by atoms with Crippen LogP contribution in [0.15, 0.2) is 48.5 Å². The molecule has 0 N–H and O–H groups in total. The van der Waals surface area contributed by atoms with Gasteiger partial charge in [0.2, 0.25) is 0 Å². The molecule has 0 amide bonds. The first kappa shape index (κ1) is 10.8. The van der Waals surface area contributed by atoms with Crippen LogP contribution < -0.4 is 0 Å². The Bertz CT molecular complexity index is 591. The molecule has 0 spiro atoms. The number of halogens is 1. The molecule has 0 heterocycles. The minimum absolute atomic E-state index is 1.03. The summed E-state index contributed by atoms with van der Waals surface area (Å²) >= 11 is 3.74. The van der Waals surface area contributed by atoms with Gasteiger partial charge in [-0.25, -0.2) is 0 Å². The number of aryl methyl sites for hydroxylation is 1. The molecule has 0 radical (unpaired) electrons. The van der Waals surface area contributed by atoms with Crippen molar-refractivity contribution in [2.24, 2.45) is 0 Å². The Morgan fingerprint density at radius 3 is 2.35 bits per heavy atom. The summed E-state index contributed by atoms with van der Waals surface area (Å²) in [5.74, 6) is 0. The zero-order chi connectivity index (χ0) is 11.8. The first-order valence-corrected chi connectivity index (χ1v) is 6.59. The van der Waals surface area contributed by atoms with Crippen LogP contribution in [0.25, 0.3) is 10.1 Å². The minimum Gasteiger partial charge on any atom is -0.0619 e. The highest BCUT2D eigenvalue weighted by Crippen LogP contribution is 2.41. The second-order valence-corrected chi connectivity index (χ2v) is 5.29. The van der Waals surface area contributed by atoms with Gasteiger partial charge in [-0.15, -0.1) is 0 Å². The van der Waals surface area contributed by atoms with E-state index >= 15 is 0 Å². The topological polar surface area (TPSA) is 0 Å². The number of rotatable bonds is 1. The molecule has 0 fully saturated rings. The van der Waals surface area contributed by atoms with Crippen LogP contribution in [0, 0.1) is 6.92 Å². The monoisotopic (exact) mass is 284 g/mol. The van der Waals surface area contributed by atoms with E-state index in [4.69, 9.17) is 0 Å². The third-order valence-corrected chi connectivity index (χ3v) is 4.19. The molecular weight excluding hydrogens is 272 g/mol. The van der Waals surface area contributed by atoms with Crippen LogP contribution in [0.5, 0.6) is 0 Å². The molecule has 0 saturated carbocycles. The summed E-state index contributed by atoms with van der Waals surface area (Å²) < 4.78 is 1.25. The largest absolute Gasteiger partial charge is 0.0619 e. The maximum absolute atomic E-state index is 3.74. The molecule has 84 valence electrons. The molecule has 0 atom stereocenters. The van der Waals surface area contributed by atoms with E-state index in [1.807, 2.05) is 0 Å². The van der Waals surface area contributed by atoms with Crippen LogP contribution in [0.3, 0.4) is 0 Å². The zero-order valence-electron chi connectivity index (χ0n) is 9.70. The van der Waals surface area contributed by atoms with Gasteiger partial charge in [0.05, 0.1) is 0 Å². The van der Waals surface area contributed by atoms with Crippen molar-refractivity contribution in [2.75, 3.05) is 0 Å². The summed E-state index contributed by atoms with van der Waals surface area (Å²) in [7, 11) is 0. The van der Waals surface area contributed by atoms with E-state index in [1.54, 1.807) is 0 Å². The van der Waals surface area contributed by atoms with Crippen molar-refractivity contribution >= 4 is 26.0 Å². The average molecular weight is 285 g/mol. The van der Waals surface area contributed by atoms with Crippen LogP contribution in [0.1, 0.15) is 22.3 Å². The van der Waals surface area contributed by atoms with Crippen LogP contribution >= 0.6 is 15.9 Å².